The summed E-state index contributed by atoms with van der Waals surface area (Å²) in [5, 5.41) is 0.0991. The number of aromatic nitrogens is 4. The van der Waals surface area contributed by atoms with Crippen molar-refractivity contribution in [1.82, 2.24) is 19.9 Å². The number of nitrogens with one attached hydrogen (secondary N) is 1. The lowest BCUT2D eigenvalue weighted by Crippen LogP contribution is -2.40. The monoisotopic (exact) mass is 524 g/mol. The van der Waals surface area contributed by atoms with Gasteiger partial charge in [-0.3, -0.25) is 13.8 Å². The lowest BCUT2D eigenvalue weighted by atomic mass is 10.1. The Morgan fingerprint density at radius 2 is 1.83 bits per heavy atom. The third-order valence-corrected chi connectivity index (χ3v) is 6.75. The zero-order valence-corrected chi connectivity index (χ0v) is 20.4. The molecule has 0 unspecified atom stereocenters. The van der Waals surface area contributed by atoms with Gasteiger partial charge in [-0.05, 0) is 19.1 Å². The molecule has 0 aliphatic carbocycles. The van der Waals surface area contributed by atoms with E-state index in [1.54, 1.807) is 12.1 Å². The number of nitrogens with zero attached hydrogens (tertiary/aromatic N) is 3. The molecular weight excluding hydrogens is 504 g/mol. The number of H-pyrrole nitrogens is 1. The van der Waals surface area contributed by atoms with Gasteiger partial charge in [0.25, 0.3) is 10.1 Å². The predicted molar refractivity (Wildman–Crippen MR) is 120 cm³/mol. The molecule has 4 atom stereocenters. The van der Waals surface area contributed by atoms with Crippen LogP contribution in [0.4, 0.5) is 0 Å². The van der Waals surface area contributed by atoms with Crippen molar-refractivity contribution in [3.8, 4) is 0 Å². The molecule has 4 rings (SSSR count). The summed E-state index contributed by atoms with van der Waals surface area (Å²) in [6, 6.07) is 6.01. The van der Waals surface area contributed by atoms with Gasteiger partial charge in [-0.1, -0.05) is 29.3 Å². The molecule has 0 radical (unpaired) electrons. The van der Waals surface area contributed by atoms with E-state index in [1.165, 1.54) is 25.4 Å². The van der Waals surface area contributed by atoms with E-state index in [-0.39, 0.29) is 28.1 Å². The van der Waals surface area contributed by atoms with E-state index in [2.05, 4.69) is 19.9 Å². The van der Waals surface area contributed by atoms with Gasteiger partial charge in [-0.15, -0.1) is 0 Å². The number of rotatable bonds is 7. The average molecular weight is 525 g/mol. The van der Waals surface area contributed by atoms with Gasteiger partial charge in [0.1, 0.15) is 36.5 Å². The van der Waals surface area contributed by atoms with Gasteiger partial charge in [0, 0.05) is 13.8 Å². The first-order chi connectivity index (χ1) is 16.5. The van der Waals surface area contributed by atoms with Crippen LogP contribution in [0.3, 0.4) is 0 Å². The van der Waals surface area contributed by atoms with Crippen LogP contribution in [-0.2, 0) is 38.1 Å². The first kappa shape index (κ1) is 25.0. The van der Waals surface area contributed by atoms with Gasteiger partial charge in [-0.2, -0.15) is 8.42 Å². The van der Waals surface area contributed by atoms with Crippen molar-refractivity contribution < 1.29 is 36.4 Å². The van der Waals surface area contributed by atoms with Crippen LogP contribution in [0.2, 0.25) is 5.15 Å². The number of esters is 2. The van der Waals surface area contributed by atoms with Gasteiger partial charge in [0.15, 0.2) is 23.0 Å². The average Bonchev–Trinajstić information content (AvgIpc) is 3.35. The van der Waals surface area contributed by atoms with Crippen LogP contribution in [-0.4, -0.2) is 65.2 Å². The smallest absolute Gasteiger partial charge is 0.303 e. The van der Waals surface area contributed by atoms with E-state index < -0.39 is 46.5 Å². The van der Waals surface area contributed by atoms with E-state index in [4.69, 9.17) is 30.0 Å². The van der Waals surface area contributed by atoms with Gasteiger partial charge in [0.05, 0.1) is 4.90 Å². The summed E-state index contributed by atoms with van der Waals surface area (Å²) in [5.41, 5.74) is 1.38. The lowest BCUT2D eigenvalue weighted by Gasteiger charge is -2.23. The van der Waals surface area contributed by atoms with Gasteiger partial charge in [-0.25, -0.2) is 15.0 Å². The molecule has 1 aliphatic heterocycles. The second-order valence-corrected chi connectivity index (χ2v) is 9.72. The molecule has 186 valence electrons. The van der Waals surface area contributed by atoms with Crippen LogP contribution in [0, 0.1) is 6.92 Å². The van der Waals surface area contributed by atoms with Gasteiger partial charge < -0.3 is 19.2 Å². The van der Waals surface area contributed by atoms with Crippen LogP contribution in [0.5, 0.6) is 0 Å². The Morgan fingerprint density at radius 1 is 1.11 bits per heavy atom. The maximum atomic E-state index is 13.1. The van der Waals surface area contributed by atoms with Crippen molar-refractivity contribution in [3.63, 3.8) is 0 Å². The fraction of sp³-hybridized carbons (Fsp3) is 0.381. The fourth-order valence-electron chi connectivity index (χ4n) is 3.58. The maximum Gasteiger partial charge on any atom is 0.303 e. The molecule has 0 spiro atoms. The molecule has 1 aliphatic rings. The molecule has 35 heavy (non-hydrogen) atoms. The Labute approximate surface area is 205 Å². The standard InChI is InChI=1S/C21H21ClN4O8S/c1-10-4-6-13(7-5-10)35(29,30)34-16-14(8-31-11(2)27)33-18(17(16)32-12(3)28)21-25-15-19(22)23-9-24-20(15)26-21/h4-7,9,14,16-18H,8H2,1-3H3,(H,23,24,25,26)/t14-,16+,17-,18-/m1/s1. The summed E-state index contributed by atoms with van der Waals surface area (Å²) in [5.74, 6) is -1.20. The van der Waals surface area contributed by atoms with Crippen LogP contribution in [0.1, 0.15) is 31.3 Å². The molecule has 3 heterocycles. The normalized spacial score (nSPS) is 22.3. The quantitative estimate of drug-likeness (QED) is 0.273. The van der Waals surface area contributed by atoms with E-state index in [9.17, 15) is 18.0 Å². The fourth-order valence-corrected chi connectivity index (χ4v) is 4.86. The van der Waals surface area contributed by atoms with Crippen molar-refractivity contribution >= 4 is 44.8 Å². The molecule has 1 aromatic carbocycles. The summed E-state index contributed by atoms with van der Waals surface area (Å²) < 4.78 is 48.1. The molecule has 2 aromatic heterocycles. The number of aryl methyl sites for hydroxylation is 1. The Balaban J connectivity index is 1.73. The molecular formula is C21H21ClN4O8S. The Hall–Kier alpha value is -3.13. The topological polar surface area (TPSA) is 160 Å². The number of halogens is 1. The number of aromatic amines is 1. The Kier molecular flexibility index (Phi) is 7.03. The van der Waals surface area contributed by atoms with Crippen molar-refractivity contribution in [2.45, 2.75) is 50.1 Å². The molecule has 1 N–H and O–H groups in total. The number of carbonyl (C=O) groups excluding carboxylic acids is 2. The van der Waals surface area contributed by atoms with Crippen LogP contribution in [0.25, 0.3) is 11.2 Å². The number of hydrogen-bond acceptors (Lipinski definition) is 11. The summed E-state index contributed by atoms with van der Waals surface area (Å²) in [6.45, 7) is 3.79. The highest BCUT2D eigenvalue weighted by Gasteiger charge is 2.52. The highest BCUT2D eigenvalue weighted by atomic mass is 35.5. The third-order valence-electron chi connectivity index (χ3n) is 5.14. The van der Waals surface area contributed by atoms with E-state index >= 15 is 0 Å². The van der Waals surface area contributed by atoms with Crippen molar-refractivity contribution in [1.29, 1.82) is 0 Å². The minimum absolute atomic E-state index is 0.0991. The number of carbonyl (C=O) groups is 2. The zero-order valence-electron chi connectivity index (χ0n) is 18.8. The molecule has 14 heteroatoms. The van der Waals surface area contributed by atoms with Gasteiger partial charge >= 0.3 is 11.9 Å². The third kappa shape index (κ3) is 5.42. The van der Waals surface area contributed by atoms with Crippen LogP contribution < -0.4 is 0 Å². The second-order valence-electron chi connectivity index (χ2n) is 7.78. The SMILES string of the molecule is CC(=O)OC[C@H]1O[C@@H](c2nc3ncnc(Cl)c3[nH]2)[C@H](OC(C)=O)[C@H]1OS(=O)(=O)c1ccc(C)cc1. The first-order valence-corrected chi connectivity index (χ1v) is 12.2. The summed E-state index contributed by atoms with van der Waals surface area (Å²) in [6.07, 6.45) is -3.67. The zero-order chi connectivity index (χ0) is 25.3. The van der Waals surface area contributed by atoms with Gasteiger partial charge in [0.2, 0.25) is 0 Å². The summed E-state index contributed by atoms with van der Waals surface area (Å²) in [4.78, 5) is 38.4. The Morgan fingerprint density at radius 3 is 2.46 bits per heavy atom. The number of ether oxygens (including phenoxy) is 3. The minimum Gasteiger partial charge on any atom is -0.463 e. The predicted octanol–water partition coefficient (Wildman–Crippen LogP) is 2.02. The molecule has 12 nitrogen and oxygen atoms in total. The van der Waals surface area contributed by atoms with Crippen LogP contribution >= 0.6 is 11.6 Å². The molecule has 1 saturated heterocycles. The summed E-state index contributed by atoms with van der Waals surface area (Å²) in [7, 11) is -4.32. The second kappa shape index (κ2) is 9.85. The number of hydrogen-bond donors (Lipinski definition) is 1. The van der Waals surface area contributed by atoms with E-state index in [0.717, 1.165) is 12.5 Å². The molecule has 0 saturated carbocycles. The Bertz CT molecular complexity index is 1360. The number of benzene rings is 1. The number of fused-ring (bicyclic) bond motifs is 1. The molecule has 3 aromatic rings. The lowest BCUT2D eigenvalue weighted by molar-refractivity contribution is -0.152. The van der Waals surface area contributed by atoms with Crippen molar-refractivity contribution in [3.05, 3.63) is 47.1 Å². The van der Waals surface area contributed by atoms with Crippen LogP contribution in [0.15, 0.2) is 35.5 Å². The maximum absolute atomic E-state index is 13.1. The van der Waals surface area contributed by atoms with E-state index in [1.807, 2.05) is 6.92 Å². The molecule has 0 bridgehead atoms. The van der Waals surface area contributed by atoms with Crippen molar-refractivity contribution in [2.24, 2.45) is 0 Å². The van der Waals surface area contributed by atoms with Crippen molar-refractivity contribution in [2.75, 3.05) is 6.61 Å². The minimum atomic E-state index is -4.32. The highest BCUT2D eigenvalue weighted by Crippen LogP contribution is 2.38. The summed E-state index contributed by atoms with van der Waals surface area (Å²) >= 11 is 6.10. The highest BCUT2D eigenvalue weighted by molar-refractivity contribution is 7.86. The molecule has 0 amide bonds. The first-order valence-electron chi connectivity index (χ1n) is 10.4. The van der Waals surface area contributed by atoms with E-state index in [0.29, 0.717) is 5.52 Å². The largest absolute Gasteiger partial charge is 0.463 e. The molecule has 1 fully saturated rings. The number of imidazole rings is 1.